The molecular formula is C15H17FN2O4. The van der Waals surface area contributed by atoms with Crippen molar-refractivity contribution in [3.63, 3.8) is 0 Å². The van der Waals surface area contributed by atoms with E-state index < -0.39 is 16.9 Å². The number of halogens is 1. The van der Waals surface area contributed by atoms with Crippen molar-refractivity contribution in [1.82, 2.24) is 4.90 Å². The van der Waals surface area contributed by atoms with E-state index in [1.165, 1.54) is 12.1 Å². The van der Waals surface area contributed by atoms with Gasteiger partial charge in [0.05, 0.1) is 17.2 Å². The number of carbonyl (C=O) groups is 1. The maximum atomic E-state index is 13.0. The van der Waals surface area contributed by atoms with E-state index in [4.69, 9.17) is 4.74 Å². The number of hydrogen-bond donors (Lipinski definition) is 0. The Morgan fingerprint density at radius 1 is 1.50 bits per heavy atom. The smallest absolute Gasteiger partial charge is 0.328 e. The second-order valence-corrected chi connectivity index (χ2v) is 4.97. The number of ether oxygens (including phenoxy) is 1. The van der Waals surface area contributed by atoms with Gasteiger partial charge in [0, 0.05) is 6.54 Å². The van der Waals surface area contributed by atoms with Crippen molar-refractivity contribution in [2.75, 3.05) is 6.61 Å². The van der Waals surface area contributed by atoms with Crippen LogP contribution in [-0.4, -0.2) is 28.4 Å². The van der Waals surface area contributed by atoms with Gasteiger partial charge in [0.2, 0.25) is 0 Å². The molecule has 1 aromatic rings. The summed E-state index contributed by atoms with van der Waals surface area (Å²) >= 11 is 0. The van der Waals surface area contributed by atoms with Crippen LogP contribution >= 0.6 is 0 Å². The first-order valence-electron chi connectivity index (χ1n) is 7.03. The minimum absolute atomic E-state index is 0.258. The van der Waals surface area contributed by atoms with Crippen LogP contribution in [0.5, 0.6) is 0 Å². The minimum atomic E-state index is -0.545. The van der Waals surface area contributed by atoms with E-state index >= 15 is 0 Å². The normalized spacial score (nSPS) is 19.5. The molecule has 0 saturated carbocycles. The molecule has 1 aliphatic heterocycles. The van der Waals surface area contributed by atoms with Gasteiger partial charge in [-0.05, 0) is 37.5 Å². The van der Waals surface area contributed by atoms with Crippen LogP contribution in [-0.2, 0) is 16.1 Å². The van der Waals surface area contributed by atoms with Gasteiger partial charge in [0.15, 0.2) is 0 Å². The fraction of sp³-hybridized carbons (Fsp3) is 0.400. The maximum Gasteiger partial charge on any atom is 0.328 e. The first-order valence-corrected chi connectivity index (χ1v) is 7.03. The molecule has 7 heteroatoms. The molecule has 6 nitrogen and oxygen atoms in total. The fourth-order valence-electron chi connectivity index (χ4n) is 2.53. The van der Waals surface area contributed by atoms with Crippen molar-refractivity contribution < 1.29 is 18.8 Å². The van der Waals surface area contributed by atoms with E-state index in [-0.39, 0.29) is 12.4 Å². The van der Waals surface area contributed by atoms with E-state index in [2.05, 4.69) is 0 Å². The lowest BCUT2D eigenvalue weighted by Gasteiger charge is -2.25. The molecule has 0 bridgehead atoms. The number of benzene rings is 1. The SMILES string of the molecule is CCOC(=O)C1CCC(=C[N+](=O)[O-])N1Cc1ccc(F)cc1. The summed E-state index contributed by atoms with van der Waals surface area (Å²) in [4.78, 5) is 23.9. The molecule has 0 N–H and O–H groups in total. The number of nitrogens with zero attached hydrogens (tertiary/aromatic N) is 2. The monoisotopic (exact) mass is 308 g/mol. The predicted molar refractivity (Wildman–Crippen MR) is 76.7 cm³/mol. The molecule has 0 amide bonds. The predicted octanol–water partition coefficient (Wildman–Crippen LogP) is 2.47. The second kappa shape index (κ2) is 7.02. The second-order valence-electron chi connectivity index (χ2n) is 4.97. The molecule has 2 rings (SSSR count). The van der Waals surface area contributed by atoms with Crippen molar-refractivity contribution in [3.05, 3.63) is 57.7 Å². The van der Waals surface area contributed by atoms with Gasteiger partial charge in [-0.3, -0.25) is 10.1 Å². The van der Waals surface area contributed by atoms with Gasteiger partial charge in [-0.1, -0.05) is 12.1 Å². The highest BCUT2D eigenvalue weighted by Crippen LogP contribution is 2.30. The van der Waals surface area contributed by atoms with Gasteiger partial charge in [-0.2, -0.15) is 0 Å². The van der Waals surface area contributed by atoms with Crippen molar-refractivity contribution >= 4 is 5.97 Å². The Hall–Kier alpha value is -2.44. The number of rotatable bonds is 5. The maximum absolute atomic E-state index is 13.0. The zero-order valence-electron chi connectivity index (χ0n) is 12.2. The molecule has 0 spiro atoms. The number of esters is 1. The third kappa shape index (κ3) is 3.81. The summed E-state index contributed by atoms with van der Waals surface area (Å²) < 4.78 is 18.0. The molecule has 1 aromatic carbocycles. The van der Waals surface area contributed by atoms with Gasteiger partial charge >= 0.3 is 5.97 Å². The zero-order valence-corrected chi connectivity index (χ0v) is 12.2. The lowest BCUT2D eigenvalue weighted by Crippen LogP contribution is -2.36. The highest BCUT2D eigenvalue weighted by atomic mass is 19.1. The molecule has 1 aliphatic rings. The van der Waals surface area contributed by atoms with Gasteiger partial charge in [-0.25, -0.2) is 9.18 Å². The molecule has 1 saturated heterocycles. The van der Waals surface area contributed by atoms with Crippen LogP contribution in [0, 0.1) is 15.9 Å². The molecular weight excluding hydrogens is 291 g/mol. The Kier molecular flexibility index (Phi) is 5.08. The van der Waals surface area contributed by atoms with E-state index in [1.54, 1.807) is 24.0 Å². The first-order chi connectivity index (χ1) is 10.5. The number of nitro groups is 1. The van der Waals surface area contributed by atoms with Crippen LogP contribution in [0.1, 0.15) is 25.3 Å². The summed E-state index contributed by atoms with van der Waals surface area (Å²) in [5, 5.41) is 10.7. The number of likely N-dealkylation sites (tertiary alicyclic amines) is 1. The van der Waals surface area contributed by atoms with Crippen LogP contribution in [0.2, 0.25) is 0 Å². The fourth-order valence-corrected chi connectivity index (χ4v) is 2.53. The summed E-state index contributed by atoms with van der Waals surface area (Å²) in [6.07, 6.45) is 1.83. The quantitative estimate of drug-likeness (QED) is 0.474. The van der Waals surface area contributed by atoms with Crippen LogP contribution in [0.25, 0.3) is 0 Å². The Labute approximate surface area is 127 Å². The highest BCUT2D eigenvalue weighted by Gasteiger charge is 2.36. The van der Waals surface area contributed by atoms with Crippen LogP contribution in [0.3, 0.4) is 0 Å². The lowest BCUT2D eigenvalue weighted by molar-refractivity contribution is -0.404. The minimum Gasteiger partial charge on any atom is -0.464 e. The Morgan fingerprint density at radius 3 is 2.77 bits per heavy atom. The summed E-state index contributed by atoms with van der Waals surface area (Å²) in [6.45, 7) is 2.27. The first kappa shape index (κ1) is 15.9. The molecule has 0 aromatic heterocycles. The van der Waals surface area contributed by atoms with Crippen LogP contribution < -0.4 is 0 Å². The van der Waals surface area contributed by atoms with Crippen molar-refractivity contribution in [2.45, 2.75) is 32.4 Å². The number of allylic oxidation sites excluding steroid dienone is 1. The number of carbonyl (C=O) groups excluding carboxylic acids is 1. The zero-order chi connectivity index (χ0) is 16.1. The molecule has 0 aliphatic carbocycles. The van der Waals surface area contributed by atoms with Crippen LogP contribution in [0.15, 0.2) is 36.2 Å². The molecule has 1 heterocycles. The highest BCUT2D eigenvalue weighted by molar-refractivity contribution is 5.76. The summed E-state index contributed by atoms with van der Waals surface area (Å²) in [7, 11) is 0. The molecule has 0 radical (unpaired) electrons. The average molecular weight is 308 g/mol. The molecule has 118 valence electrons. The third-order valence-electron chi connectivity index (χ3n) is 3.50. The molecule has 22 heavy (non-hydrogen) atoms. The van der Waals surface area contributed by atoms with Gasteiger partial charge in [0.1, 0.15) is 11.9 Å². The van der Waals surface area contributed by atoms with E-state index in [9.17, 15) is 19.3 Å². The summed E-state index contributed by atoms with van der Waals surface area (Å²) in [5.74, 6) is -0.746. The Morgan fingerprint density at radius 2 is 2.18 bits per heavy atom. The standard InChI is InChI=1S/C15H17FN2O4/c1-2-22-15(19)14-8-7-13(10-18(20)21)17(14)9-11-3-5-12(16)6-4-11/h3-6,10,14H,2,7-9H2,1H3. The van der Waals surface area contributed by atoms with E-state index in [1.807, 2.05) is 0 Å². The van der Waals surface area contributed by atoms with E-state index in [0.717, 1.165) is 11.8 Å². The molecule has 1 atom stereocenters. The van der Waals surface area contributed by atoms with Crippen molar-refractivity contribution in [1.29, 1.82) is 0 Å². The Balaban J connectivity index is 2.23. The Bertz CT molecular complexity index is 586. The van der Waals surface area contributed by atoms with Crippen LogP contribution in [0.4, 0.5) is 4.39 Å². The van der Waals surface area contributed by atoms with Crippen molar-refractivity contribution in [2.24, 2.45) is 0 Å². The van der Waals surface area contributed by atoms with Gasteiger partial charge in [-0.15, -0.1) is 0 Å². The number of hydrogen-bond acceptors (Lipinski definition) is 5. The summed E-state index contributed by atoms with van der Waals surface area (Å²) in [6, 6.07) is 5.29. The summed E-state index contributed by atoms with van der Waals surface area (Å²) in [5.41, 5.74) is 1.25. The topological polar surface area (TPSA) is 72.7 Å². The lowest BCUT2D eigenvalue weighted by atomic mass is 10.2. The van der Waals surface area contributed by atoms with E-state index in [0.29, 0.717) is 25.1 Å². The largest absolute Gasteiger partial charge is 0.464 e. The van der Waals surface area contributed by atoms with Crippen molar-refractivity contribution in [3.8, 4) is 0 Å². The van der Waals surface area contributed by atoms with Gasteiger partial charge in [0.25, 0.3) is 6.20 Å². The molecule has 1 unspecified atom stereocenters. The average Bonchev–Trinajstić information content (AvgIpc) is 2.84. The molecule has 1 fully saturated rings. The third-order valence-corrected chi connectivity index (χ3v) is 3.50. The van der Waals surface area contributed by atoms with Gasteiger partial charge < -0.3 is 9.64 Å².